The van der Waals surface area contributed by atoms with Crippen molar-refractivity contribution in [2.45, 2.75) is 0 Å². The van der Waals surface area contributed by atoms with E-state index in [9.17, 15) is 4.79 Å². The Labute approximate surface area is 74.2 Å². The van der Waals surface area contributed by atoms with Crippen LogP contribution in [0.25, 0.3) is 0 Å². The highest BCUT2D eigenvalue weighted by atomic mass is 35.5. The van der Waals surface area contributed by atoms with Gasteiger partial charge in [-0.3, -0.25) is 0 Å². The van der Waals surface area contributed by atoms with Gasteiger partial charge in [0.25, 0.3) is 0 Å². The summed E-state index contributed by atoms with van der Waals surface area (Å²) >= 11 is 5.16. The second kappa shape index (κ2) is 3.94. The zero-order chi connectivity index (χ0) is 8.97. The summed E-state index contributed by atoms with van der Waals surface area (Å²) in [6.07, 6.45) is 0. The standard InChI is InChI=1S/C7H7ClN2O2/c8-10-9-6-3-1-2-5(4-6)7(11)12/h1-4,9-10H,(H,11,12). The van der Waals surface area contributed by atoms with Crippen molar-refractivity contribution in [2.24, 2.45) is 0 Å². The maximum absolute atomic E-state index is 10.5. The Bertz CT molecular complexity index is 290. The van der Waals surface area contributed by atoms with Crippen LogP contribution in [0.4, 0.5) is 5.69 Å². The molecular formula is C7H7ClN2O2. The van der Waals surface area contributed by atoms with Gasteiger partial charge in [-0.15, -0.1) is 4.94 Å². The zero-order valence-corrected chi connectivity index (χ0v) is 6.80. The van der Waals surface area contributed by atoms with Crippen LogP contribution in [0.2, 0.25) is 0 Å². The lowest BCUT2D eigenvalue weighted by atomic mass is 10.2. The van der Waals surface area contributed by atoms with E-state index in [-0.39, 0.29) is 5.56 Å². The fourth-order valence-electron chi connectivity index (χ4n) is 0.785. The summed E-state index contributed by atoms with van der Waals surface area (Å²) in [5.41, 5.74) is 3.37. The highest BCUT2D eigenvalue weighted by Crippen LogP contribution is 2.09. The van der Waals surface area contributed by atoms with Gasteiger partial charge in [0.05, 0.1) is 11.3 Å². The van der Waals surface area contributed by atoms with Gasteiger partial charge in [0.2, 0.25) is 0 Å². The molecule has 0 heterocycles. The Morgan fingerprint density at radius 3 is 2.83 bits per heavy atom. The number of carbonyl (C=O) groups is 1. The molecule has 5 heteroatoms. The summed E-state index contributed by atoms with van der Waals surface area (Å²) in [6.45, 7) is 0. The molecule has 0 amide bonds. The van der Waals surface area contributed by atoms with Gasteiger partial charge in [-0.25, -0.2) is 4.79 Å². The minimum Gasteiger partial charge on any atom is -0.478 e. The summed E-state index contributed by atoms with van der Waals surface area (Å²) in [5, 5.41) is 8.60. The van der Waals surface area contributed by atoms with Crippen molar-refractivity contribution in [3.05, 3.63) is 29.8 Å². The van der Waals surface area contributed by atoms with Crippen LogP contribution in [0.15, 0.2) is 24.3 Å². The number of nitrogens with one attached hydrogen (secondary N) is 2. The third-order valence-corrected chi connectivity index (χ3v) is 1.40. The van der Waals surface area contributed by atoms with Crippen LogP contribution >= 0.6 is 11.8 Å². The molecule has 0 fully saturated rings. The molecule has 0 unspecified atom stereocenters. The maximum Gasteiger partial charge on any atom is 0.335 e. The van der Waals surface area contributed by atoms with Crippen molar-refractivity contribution in [2.75, 3.05) is 5.43 Å². The van der Waals surface area contributed by atoms with Gasteiger partial charge in [0, 0.05) is 0 Å². The normalized spacial score (nSPS) is 9.42. The third kappa shape index (κ3) is 2.11. The third-order valence-electron chi connectivity index (χ3n) is 1.30. The molecule has 0 aliphatic heterocycles. The number of hydrazine groups is 1. The van der Waals surface area contributed by atoms with E-state index in [4.69, 9.17) is 16.9 Å². The molecule has 0 radical (unpaired) electrons. The number of halogens is 1. The first-order valence-corrected chi connectivity index (χ1v) is 3.57. The van der Waals surface area contributed by atoms with E-state index in [1.807, 2.05) is 0 Å². The van der Waals surface area contributed by atoms with Gasteiger partial charge >= 0.3 is 5.97 Å². The van der Waals surface area contributed by atoms with Crippen molar-refractivity contribution in [3.63, 3.8) is 0 Å². The smallest absolute Gasteiger partial charge is 0.335 e. The summed E-state index contributed by atoms with van der Waals surface area (Å²) in [7, 11) is 0. The molecule has 0 saturated carbocycles. The highest BCUT2D eigenvalue weighted by molar-refractivity contribution is 6.14. The minimum atomic E-state index is -0.965. The number of benzene rings is 1. The van der Waals surface area contributed by atoms with E-state index in [0.29, 0.717) is 5.69 Å². The van der Waals surface area contributed by atoms with Crippen LogP contribution < -0.4 is 10.4 Å². The lowest BCUT2D eigenvalue weighted by Gasteiger charge is -2.02. The molecule has 0 aromatic heterocycles. The van der Waals surface area contributed by atoms with E-state index < -0.39 is 5.97 Å². The van der Waals surface area contributed by atoms with Crippen LogP contribution in [0.5, 0.6) is 0 Å². The van der Waals surface area contributed by atoms with Crippen LogP contribution in [0.3, 0.4) is 0 Å². The number of aromatic carboxylic acids is 1. The molecule has 0 saturated heterocycles. The minimum absolute atomic E-state index is 0.215. The van der Waals surface area contributed by atoms with E-state index >= 15 is 0 Å². The van der Waals surface area contributed by atoms with Crippen molar-refractivity contribution in [1.29, 1.82) is 0 Å². The molecule has 0 spiro atoms. The lowest BCUT2D eigenvalue weighted by Crippen LogP contribution is -2.09. The number of carboxylic acids is 1. The number of carboxylic acid groups (broad SMARTS) is 1. The summed E-state index contributed by atoms with van der Waals surface area (Å²) in [6, 6.07) is 6.29. The van der Waals surface area contributed by atoms with E-state index in [1.54, 1.807) is 12.1 Å². The van der Waals surface area contributed by atoms with Crippen molar-refractivity contribution in [1.82, 2.24) is 4.94 Å². The number of anilines is 1. The first kappa shape index (κ1) is 8.83. The highest BCUT2D eigenvalue weighted by Gasteiger charge is 2.01. The largest absolute Gasteiger partial charge is 0.478 e. The summed E-state index contributed by atoms with van der Waals surface area (Å²) in [4.78, 5) is 12.7. The fraction of sp³-hybridized carbons (Fsp3) is 0. The van der Waals surface area contributed by atoms with Gasteiger partial charge in [-0.1, -0.05) is 6.07 Å². The number of hydrogen-bond donors (Lipinski definition) is 3. The molecule has 12 heavy (non-hydrogen) atoms. The topological polar surface area (TPSA) is 61.4 Å². The summed E-state index contributed by atoms with van der Waals surface area (Å²) in [5.74, 6) is -0.965. The van der Waals surface area contributed by atoms with Crippen LogP contribution in [0, 0.1) is 0 Å². The van der Waals surface area contributed by atoms with Gasteiger partial charge in [0.1, 0.15) is 0 Å². The van der Waals surface area contributed by atoms with Crippen LogP contribution in [-0.4, -0.2) is 11.1 Å². The molecule has 1 aromatic carbocycles. The average molecular weight is 187 g/mol. The average Bonchev–Trinajstić information content (AvgIpc) is 2.05. The fourth-order valence-corrected chi connectivity index (χ4v) is 0.894. The SMILES string of the molecule is O=C(O)c1cccc(NNCl)c1. The van der Waals surface area contributed by atoms with Crippen LogP contribution in [-0.2, 0) is 0 Å². The quantitative estimate of drug-likeness (QED) is 0.494. The molecule has 0 bridgehead atoms. The monoisotopic (exact) mass is 186 g/mol. The molecule has 0 aliphatic carbocycles. The van der Waals surface area contributed by atoms with Crippen molar-refractivity contribution in [3.8, 4) is 0 Å². The van der Waals surface area contributed by atoms with Gasteiger partial charge in [-0.2, -0.15) is 0 Å². The second-order valence-electron chi connectivity index (χ2n) is 2.11. The molecule has 0 atom stereocenters. The Morgan fingerprint density at radius 1 is 1.50 bits per heavy atom. The first-order chi connectivity index (χ1) is 5.74. The Kier molecular flexibility index (Phi) is 2.90. The van der Waals surface area contributed by atoms with Crippen molar-refractivity contribution >= 4 is 23.4 Å². The molecule has 3 N–H and O–H groups in total. The second-order valence-corrected chi connectivity index (χ2v) is 2.29. The Morgan fingerprint density at radius 2 is 2.25 bits per heavy atom. The Hall–Kier alpha value is -1.26. The van der Waals surface area contributed by atoms with Gasteiger partial charge in [-0.05, 0) is 30.0 Å². The molecule has 1 aromatic rings. The van der Waals surface area contributed by atoms with E-state index in [1.165, 1.54) is 12.1 Å². The molecule has 1 rings (SSSR count). The van der Waals surface area contributed by atoms with E-state index in [2.05, 4.69) is 10.4 Å². The van der Waals surface area contributed by atoms with E-state index in [0.717, 1.165) is 0 Å². The number of rotatable bonds is 3. The molecule has 0 aliphatic rings. The lowest BCUT2D eigenvalue weighted by molar-refractivity contribution is 0.0697. The van der Waals surface area contributed by atoms with Crippen molar-refractivity contribution < 1.29 is 9.90 Å². The van der Waals surface area contributed by atoms with Gasteiger partial charge in [0.15, 0.2) is 0 Å². The number of hydrogen-bond acceptors (Lipinski definition) is 3. The van der Waals surface area contributed by atoms with Crippen LogP contribution in [0.1, 0.15) is 10.4 Å². The summed E-state index contributed by atoms with van der Waals surface area (Å²) < 4.78 is 0. The molecule has 4 nitrogen and oxygen atoms in total. The predicted octanol–water partition coefficient (Wildman–Crippen LogP) is 1.46. The van der Waals surface area contributed by atoms with Gasteiger partial charge < -0.3 is 10.5 Å². The Balaban J connectivity index is 2.88. The molecule has 64 valence electrons. The zero-order valence-electron chi connectivity index (χ0n) is 6.04. The predicted molar refractivity (Wildman–Crippen MR) is 46.0 cm³/mol. The molecular weight excluding hydrogens is 180 g/mol. The maximum atomic E-state index is 10.5. The first-order valence-electron chi connectivity index (χ1n) is 3.19.